The third-order valence-electron chi connectivity index (χ3n) is 2.59. The van der Waals surface area contributed by atoms with Crippen molar-refractivity contribution < 1.29 is 13.9 Å². The first-order chi connectivity index (χ1) is 9.70. The summed E-state index contributed by atoms with van der Waals surface area (Å²) in [4.78, 5) is 15.5. The van der Waals surface area contributed by atoms with Crippen LogP contribution < -0.4 is 10.1 Å². The number of benzene rings is 1. The van der Waals surface area contributed by atoms with Crippen molar-refractivity contribution in [2.24, 2.45) is 0 Å². The minimum absolute atomic E-state index is 0.289. The Hall–Kier alpha value is -2.43. The molecule has 0 aliphatic carbocycles. The monoisotopic (exact) mass is 274 g/mol. The second kappa shape index (κ2) is 6.65. The zero-order valence-electron chi connectivity index (χ0n) is 11.1. The predicted molar refractivity (Wildman–Crippen MR) is 74.4 cm³/mol. The summed E-state index contributed by atoms with van der Waals surface area (Å²) in [6.07, 6.45) is 2.07. The van der Waals surface area contributed by atoms with Gasteiger partial charge in [-0.1, -0.05) is 19.1 Å². The molecule has 2 rings (SSSR count). The van der Waals surface area contributed by atoms with Crippen LogP contribution in [0, 0.1) is 5.95 Å². The lowest BCUT2D eigenvalue weighted by Crippen LogP contribution is -2.13. The van der Waals surface area contributed by atoms with E-state index in [-0.39, 0.29) is 11.5 Å². The average Bonchev–Trinajstić information content (AvgIpc) is 2.47. The first-order valence-corrected chi connectivity index (χ1v) is 6.35. The third kappa shape index (κ3) is 3.54. The maximum Gasteiger partial charge on any atom is 0.257 e. The second-order valence-corrected chi connectivity index (χ2v) is 4.17. The smallest absolute Gasteiger partial charge is 0.257 e. The van der Waals surface area contributed by atoms with Gasteiger partial charge in [-0.15, -0.1) is 0 Å². The summed E-state index contributed by atoms with van der Waals surface area (Å²) in [5.74, 6) is -0.365. The van der Waals surface area contributed by atoms with Gasteiger partial charge in [0.2, 0.25) is 5.95 Å². The molecule has 0 spiro atoms. The second-order valence-electron chi connectivity index (χ2n) is 4.17. The molecule has 1 heterocycles. The summed E-state index contributed by atoms with van der Waals surface area (Å²) in [7, 11) is 0. The molecule has 0 fully saturated rings. The largest absolute Gasteiger partial charge is 0.491 e. The molecule has 5 heteroatoms. The minimum Gasteiger partial charge on any atom is -0.491 e. The van der Waals surface area contributed by atoms with Crippen molar-refractivity contribution in [2.75, 3.05) is 11.9 Å². The standard InChI is InChI=1S/C15H15FN2O2/c1-2-9-20-13-6-4-3-5-12(13)18-15(19)11-7-8-14(16)17-10-11/h3-8,10H,2,9H2,1H3,(H,18,19). The summed E-state index contributed by atoms with van der Waals surface area (Å²) in [5.41, 5.74) is 0.868. The molecule has 1 amide bonds. The Morgan fingerprint density at radius 1 is 1.30 bits per heavy atom. The lowest BCUT2D eigenvalue weighted by Gasteiger charge is -2.11. The zero-order chi connectivity index (χ0) is 14.4. The SMILES string of the molecule is CCCOc1ccccc1NC(=O)c1ccc(F)nc1. The molecule has 0 bridgehead atoms. The quantitative estimate of drug-likeness (QED) is 0.851. The predicted octanol–water partition coefficient (Wildman–Crippen LogP) is 3.26. The molecular weight excluding hydrogens is 259 g/mol. The van der Waals surface area contributed by atoms with E-state index in [2.05, 4.69) is 10.3 Å². The van der Waals surface area contributed by atoms with Gasteiger partial charge in [0, 0.05) is 6.20 Å². The number of carbonyl (C=O) groups excluding carboxylic acids is 1. The zero-order valence-corrected chi connectivity index (χ0v) is 11.1. The van der Waals surface area contributed by atoms with Gasteiger partial charge >= 0.3 is 0 Å². The molecule has 0 aliphatic rings. The molecule has 0 radical (unpaired) electrons. The van der Waals surface area contributed by atoms with E-state index in [1.54, 1.807) is 18.2 Å². The van der Waals surface area contributed by atoms with Gasteiger partial charge in [0.1, 0.15) is 5.75 Å². The van der Waals surface area contributed by atoms with Gasteiger partial charge in [-0.3, -0.25) is 4.79 Å². The van der Waals surface area contributed by atoms with Crippen molar-refractivity contribution in [3.8, 4) is 5.75 Å². The van der Waals surface area contributed by atoms with Crippen molar-refractivity contribution in [1.82, 2.24) is 4.98 Å². The molecule has 2 aromatic rings. The number of para-hydroxylation sites is 2. The summed E-state index contributed by atoms with van der Waals surface area (Å²) < 4.78 is 18.3. The number of hydrogen-bond acceptors (Lipinski definition) is 3. The number of aromatic nitrogens is 1. The van der Waals surface area contributed by atoms with E-state index in [1.807, 2.05) is 13.0 Å². The molecule has 0 atom stereocenters. The van der Waals surface area contributed by atoms with Crippen LogP contribution in [0.15, 0.2) is 42.6 Å². The van der Waals surface area contributed by atoms with Crippen LogP contribution in [0.1, 0.15) is 23.7 Å². The van der Waals surface area contributed by atoms with Gasteiger partial charge in [-0.05, 0) is 30.7 Å². The summed E-state index contributed by atoms with van der Waals surface area (Å²) in [6.45, 7) is 2.58. The normalized spacial score (nSPS) is 10.1. The molecule has 1 aromatic carbocycles. The Morgan fingerprint density at radius 2 is 2.10 bits per heavy atom. The van der Waals surface area contributed by atoms with Crippen molar-refractivity contribution >= 4 is 11.6 Å². The van der Waals surface area contributed by atoms with Crippen LogP contribution in [0.2, 0.25) is 0 Å². The molecule has 0 saturated heterocycles. The van der Waals surface area contributed by atoms with Crippen LogP contribution >= 0.6 is 0 Å². The van der Waals surface area contributed by atoms with E-state index in [0.717, 1.165) is 12.5 Å². The Labute approximate surface area is 116 Å². The molecule has 1 N–H and O–H groups in total. The van der Waals surface area contributed by atoms with E-state index in [0.29, 0.717) is 18.0 Å². The number of nitrogens with one attached hydrogen (secondary N) is 1. The van der Waals surface area contributed by atoms with Gasteiger partial charge in [0.05, 0.1) is 17.9 Å². The van der Waals surface area contributed by atoms with Gasteiger partial charge in [-0.25, -0.2) is 4.98 Å². The Bertz CT molecular complexity index is 585. The highest BCUT2D eigenvalue weighted by Crippen LogP contribution is 2.24. The highest BCUT2D eigenvalue weighted by Gasteiger charge is 2.10. The van der Waals surface area contributed by atoms with Crippen molar-refractivity contribution in [1.29, 1.82) is 0 Å². The van der Waals surface area contributed by atoms with E-state index in [4.69, 9.17) is 4.74 Å². The Balaban J connectivity index is 2.13. The number of hydrogen-bond donors (Lipinski definition) is 1. The molecule has 0 unspecified atom stereocenters. The fourth-order valence-electron chi connectivity index (χ4n) is 1.61. The van der Waals surface area contributed by atoms with Crippen molar-refractivity contribution in [3.05, 3.63) is 54.1 Å². The van der Waals surface area contributed by atoms with Crippen molar-refractivity contribution in [2.45, 2.75) is 13.3 Å². The number of pyridine rings is 1. The lowest BCUT2D eigenvalue weighted by atomic mass is 10.2. The van der Waals surface area contributed by atoms with E-state index in [9.17, 15) is 9.18 Å². The van der Waals surface area contributed by atoms with Crippen LogP contribution in [0.5, 0.6) is 5.75 Å². The van der Waals surface area contributed by atoms with E-state index in [1.165, 1.54) is 12.3 Å². The fraction of sp³-hybridized carbons (Fsp3) is 0.200. The third-order valence-corrected chi connectivity index (χ3v) is 2.59. The first-order valence-electron chi connectivity index (χ1n) is 6.35. The molecule has 0 saturated carbocycles. The molecule has 20 heavy (non-hydrogen) atoms. The van der Waals surface area contributed by atoms with Crippen LogP contribution in [0.4, 0.5) is 10.1 Å². The topological polar surface area (TPSA) is 51.2 Å². The Morgan fingerprint density at radius 3 is 2.80 bits per heavy atom. The van der Waals surface area contributed by atoms with E-state index < -0.39 is 5.95 Å². The highest BCUT2D eigenvalue weighted by atomic mass is 19.1. The number of halogens is 1. The number of carbonyl (C=O) groups is 1. The average molecular weight is 274 g/mol. The van der Waals surface area contributed by atoms with E-state index >= 15 is 0 Å². The Kier molecular flexibility index (Phi) is 4.65. The number of rotatable bonds is 5. The summed E-state index contributed by atoms with van der Waals surface area (Å²) in [6, 6.07) is 9.70. The summed E-state index contributed by atoms with van der Waals surface area (Å²) in [5, 5.41) is 2.73. The molecular formula is C15H15FN2O2. The van der Waals surface area contributed by atoms with Gasteiger partial charge in [0.15, 0.2) is 0 Å². The number of nitrogens with zero attached hydrogens (tertiary/aromatic N) is 1. The fourth-order valence-corrected chi connectivity index (χ4v) is 1.61. The maximum absolute atomic E-state index is 12.7. The molecule has 104 valence electrons. The molecule has 0 aliphatic heterocycles. The number of amides is 1. The van der Waals surface area contributed by atoms with Crippen LogP contribution in [0.25, 0.3) is 0 Å². The van der Waals surface area contributed by atoms with Crippen molar-refractivity contribution in [3.63, 3.8) is 0 Å². The van der Waals surface area contributed by atoms with Crippen LogP contribution in [-0.2, 0) is 0 Å². The van der Waals surface area contributed by atoms with Crippen LogP contribution in [0.3, 0.4) is 0 Å². The van der Waals surface area contributed by atoms with Gasteiger partial charge < -0.3 is 10.1 Å². The summed E-state index contributed by atoms with van der Waals surface area (Å²) >= 11 is 0. The number of anilines is 1. The maximum atomic E-state index is 12.7. The lowest BCUT2D eigenvalue weighted by molar-refractivity contribution is 0.102. The van der Waals surface area contributed by atoms with Gasteiger partial charge in [-0.2, -0.15) is 4.39 Å². The van der Waals surface area contributed by atoms with Gasteiger partial charge in [0.25, 0.3) is 5.91 Å². The highest BCUT2D eigenvalue weighted by molar-refractivity contribution is 6.04. The number of ether oxygens (including phenoxy) is 1. The van der Waals surface area contributed by atoms with Crippen LogP contribution in [-0.4, -0.2) is 17.5 Å². The minimum atomic E-state index is -0.617. The molecule has 4 nitrogen and oxygen atoms in total. The first kappa shape index (κ1) is 14.0. The molecule has 1 aromatic heterocycles.